The van der Waals surface area contributed by atoms with Crippen molar-refractivity contribution in [2.45, 2.75) is 32.6 Å². The summed E-state index contributed by atoms with van der Waals surface area (Å²) in [5.41, 5.74) is 1.80. The molecule has 8 nitrogen and oxygen atoms in total. The van der Waals surface area contributed by atoms with Gasteiger partial charge in [-0.3, -0.25) is 9.59 Å². The summed E-state index contributed by atoms with van der Waals surface area (Å²) in [6, 6.07) is 11.2. The first kappa shape index (κ1) is 23.4. The lowest BCUT2D eigenvalue weighted by atomic mass is 10.2. The summed E-state index contributed by atoms with van der Waals surface area (Å²) < 4.78 is 32.7. The maximum Gasteiger partial charge on any atom is 0.262 e. The number of nitrogens with one attached hydrogen (secondary N) is 3. The second-order valence-electron chi connectivity index (χ2n) is 7.27. The van der Waals surface area contributed by atoms with Gasteiger partial charge in [-0.25, -0.2) is 13.1 Å². The van der Waals surface area contributed by atoms with E-state index >= 15 is 0 Å². The summed E-state index contributed by atoms with van der Waals surface area (Å²) in [6.07, 6.45) is 0. The average Bonchev–Trinajstić information content (AvgIpc) is 2.66. The monoisotopic (exact) mass is 433 g/mol. The van der Waals surface area contributed by atoms with Crippen molar-refractivity contribution in [3.8, 4) is 5.75 Å². The summed E-state index contributed by atoms with van der Waals surface area (Å²) >= 11 is 0. The van der Waals surface area contributed by atoms with Crippen LogP contribution in [0, 0.1) is 12.8 Å². The highest BCUT2D eigenvalue weighted by Crippen LogP contribution is 2.22. The van der Waals surface area contributed by atoms with Crippen LogP contribution in [0.15, 0.2) is 47.4 Å². The van der Waals surface area contributed by atoms with Gasteiger partial charge >= 0.3 is 0 Å². The first-order chi connectivity index (χ1) is 14.1. The first-order valence-corrected chi connectivity index (χ1v) is 11.0. The third-order valence-electron chi connectivity index (χ3n) is 3.99. The van der Waals surface area contributed by atoms with E-state index in [0.29, 0.717) is 29.2 Å². The summed E-state index contributed by atoms with van der Waals surface area (Å²) in [5, 5.41) is 5.34. The van der Waals surface area contributed by atoms with Gasteiger partial charge in [-0.1, -0.05) is 13.8 Å². The highest BCUT2D eigenvalue weighted by molar-refractivity contribution is 7.89. The van der Waals surface area contributed by atoms with Crippen LogP contribution in [0.25, 0.3) is 0 Å². The highest BCUT2D eigenvalue weighted by atomic mass is 32.2. The molecule has 9 heteroatoms. The number of anilines is 2. The van der Waals surface area contributed by atoms with Crippen LogP contribution in [0.2, 0.25) is 0 Å². The largest absolute Gasteiger partial charge is 0.483 e. The minimum absolute atomic E-state index is 0.150. The summed E-state index contributed by atoms with van der Waals surface area (Å²) in [6.45, 7) is 7.10. The molecular formula is C21H27N3O5S. The van der Waals surface area contributed by atoms with Crippen LogP contribution in [0.1, 0.15) is 26.3 Å². The van der Waals surface area contributed by atoms with Crippen LogP contribution >= 0.6 is 0 Å². The molecule has 0 aromatic heterocycles. The Morgan fingerprint density at radius 2 is 1.60 bits per heavy atom. The van der Waals surface area contributed by atoms with E-state index in [9.17, 15) is 18.0 Å². The van der Waals surface area contributed by atoms with Crippen molar-refractivity contribution in [2.75, 3.05) is 23.8 Å². The normalized spacial score (nSPS) is 11.2. The Kier molecular flexibility index (Phi) is 7.96. The Morgan fingerprint density at radius 3 is 2.13 bits per heavy atom. The van der Waals surface area contributed by atoms with E-state index in [1.807, 2.05) is 13.8 Å². The number of hydrogen-bond acceptors (Lipinski definition) is 5. The van der Waals surface area contributed by atoms with Gasteiger partial charge in [-0.2, -0.15) is 0 Å². The van der Waals surface area contributed by atoms with Gasteiger partial charge in [0.2, 0.25) is 15.9 Å². The van der Waals surface area contributed by atoms with Crippen molar-refractivity contribution >= 4 is 33.2 Å². The minimum Gasteiger partial charge on any atom is -0.483 e. The standard InChI is InChI=1S/C21H27N3O5S/c1-14(2)12-22-30(27,28)19-9-10-20(15(3)11-19)29-13-21(26)24-18-7-5-17(6-8-18)23-16(4)25/h5-11,14,22H,12-13H2,1-4H3,(H,23,25)(H,24,26). The Bertz CT molecular complexity index is 1000. The molecule has 0 aliphatic carbocycles. The predicted octanol–water partition coefficient (Wildman–Crippen LogP) is 2.91. The number of rotatable bonds is 9. The molecule has 3 N–H and O–H groups in total. The number of carbonyl (C=O) groups is 2. The van der Waals surface area contributed by atoms with Crippen LogP contribution in [-0.2, 0) is 19.6 Å². The van der Waals surface area contributed by atoms with Crippen LogP contribution in [0.5, 0.6) is 5.75 Å². The maximum absolute atomic E-state index is 12.3. The molecule has 2 aromatic carbocycles. The number of aryl methyl sites for hydroxylation is 1. The fourth-order valence-electron chi connectivity index (χ4n) is 2.49. The molecular weight excluding hydrogens is 406 g/mol. The summed E-state index contributed by atoms with van der Waals surface area (Å²) in [5.74, 6) is 0.0830. The van der Waals surface area contributed by atoms with Crippen LogP contribution in [-0.4, -0.2) is 33.4 Å². The van der Waals surface area contributed by atoms with Crippen molar-refractivity contribution in [3.05, 3.63) is 48.0 Å². The Morgan fingerprint density at radius 1 is 1.00 bits per heavy atom. The van der Waals surface area contributed by atoms with E-state index < -0.39 is 10.0 Å². The van der Waals surface area contributed by atoms with E-state index in [-0.39, 0.29) is 29.2 Å². The molecule has 2 amide bonds. The first-order valence-electron chi connectivity index (χ1n) is 9.47. The highest BCUT2D eigenvalue weighted by Gasteiger charge is 2.16. The number of hydrogen-bond donors (Lipinski definition) is 3. The second kappa shape index (κ2) is 10.2. The Balaban J connectivity index is 1.94. The van der Waals surface area contributed by atoms with Gasteiger partial charge in [0.1, 0.15) is 5.75 Å². The maximum atomic E-state index is 12.3. The molecule has 162 valence electrons. The molecule has 2 rings (SSSR count). The second-order valence-corrected chi connectivity index (χ2v) is 9.04. The zero-order chi connectivity index (χ0) is 22.3. The van der Waals surface area contributed by atoms with E-state index in [0.717, 1.165) is 0 Å². The Hall–Kier alpha value is -2.91. The topological polar surface area (TPSA) is 114 Å². The molecule has 0 aliphatic heterocycles. The molecule has 0 saturated carbocycles. The van der Waals surface area contributed by atoms with Gasteiger partial charge in [0, 0.05) is 24.8 Å². The molecule has 0 saturated heterocycles. The minimum atomic E-state index is -3.59. The SMILES string of the molecule is CC(=O)Nc1ccc(NC(=O)COc2ccc(S(=O)(=O)NCC(C)C)cc2C)cc1. The molecule has 0 unspecified atom stereocenters. The van der Waals surface area contributed by atoms with E-state index in [2.05, 4.69) is 15.4 Å². The predicted molar refractivity (Wildman–Crippen MR) is 116 cm³/mol. The number of amides is 2. The van der Waals surface area contributed by atoms with Crippen LogP contribution in [0.4, 0.5) is 11.4 Å². The van der Waals surface area contributed by atoms with E-state index in [4.69, 9.17) is 4.74 Å². The smallest absolute Gasteiger partial charge is 0.262 e. The molecule has 0 spiro atoms. The van der Waals surface area contributed by atoms with Crippen LogP contribution < -0.4 is 20.1 Å². The lowest BCUT2D eigenvalue weighted by Gasteiger charge is -2.13. The fraction of sp³-hybridized carbons (Fsp3) is 0.333. The molecule has 0 atom stereocenters. The van der Waals surface area contributed by atoms with Crippen molar-refractivity contribution in [1.82, 2.24) is 4.72 Å². The van der Waals surface area contributed by atoms with Crippen molar-refractivity contribution in [2.24, 2.45) is 5.92 Å². The average molecular weight is 434 g/mol. The zero-order valence-corrected chi connectivity index (χ0v) is 18.3. The summed E-state index contributed by atoms with van der Waals surface area (Å²) in [4.78, 5) is 23.3. The lowest BCUT2D eigenvalue weighted by Crippen LogP contribution is -2.27. The molecule has 0 fully saturated rings. The van der Waals surface area contributed by atoms with Gasteiger partial charge in [-0.15, -0.1) is 0 Å². The quantitative estimate of drug-likeness (QED) is 0.563. The van der Waals surface area contributed by atoms with Crippen molar-refractivity contribution in [1.29, 1.82) is 0 Å². The van der Waals surface area contributed by atoms with E-state index in [1.54, 1.807) is 31.2 Å². The molecule has 0 radical (unpaired) electrons. The van der Waals surface area contributed by atoms with Gasteiger partial charge < -0.3 is 15.4 Å². The van der Waals surface area contributed by atoms with Crippen LogP contribution in [0.3, 0.4) is 0 Å². The van der Waals surface area contributed by atoms with Crippen molar-refractivity contribution in [3.63, 3.8) is 0 Å². The molecule has 2 aromatic rings. The number of sulfonamides is 1. The molecule has 0 bridgehead atoms. The third kappa shape index (κ3) is 7.16. The number of carbonyl (C=O) groups excluding carboxylic acids is 2. The van der Waals surface area contributed by atoms with Gasteiger partial charge in [0.05, 0.1) is 4.90 Å². The Labute approximate surface area is 177 Å². The van der Waals surface area contributed by atoms with E-state index in [1.165, 1.54) is 25.1 Å². The van der Waals surface area contributed by atoms with Gasteiger partial charge in [-0.05, 0) is 60.9 Å². The summed E-state index contributed by atoms with van der Waals surface area (Å²) in [7, 11) is -3.59. The van der Waals surface area contributed by atoms with Gasteiger partial charge in [0.25, 0.3) is 5.91 Å². The lowest BCUT2D eigenvalue weighted by molar-refractivity contribution is -0.118. The number of benzene rings is 2. The van der Waals surface area contributed by atoms with Crippen molar-refractivity contribution < 1.29 is 22.7 Å². The molecule has 30 heavy (non-hydrogen) atoms. The molecule has 0 heterocycles. The fourth-order valence-corrected chi connectivity index (χ4v) is 3.79. The zero-order valence-electron chi connectivity index (χ0n) is 17.5. The van der Waals surface area contributed by atoms with Gasteiger partial charge in [0.15, 0.2) is 6.61 Å². The third-order valence-corrected chi connectivity index (χ3v) is 5.41. The number of ether oxygens (including phenoxy) is 1. The molecule has 0 aliphatic rings.